The van der Waals surface area contributed by atoms with Crippen molar-refractivity contribution in [2.45, 2.75) is 33.4 Å². The molecule has 116 valence electrons. The number of aromatic nitrogens is 2. The van der Waals surface area contributed by atoms with Crippen molar-refractivity contribution in [2.24, 2.45) is 5.92 Å². The predicted octanol–water partition coefficient (Wildman–Crippen LogP) is 1.12. The van der Waals surface area contributed by atoms with Gasteiger partial charge in [0.2, 0.25) is 0 Å². The first-order valence-corrected chi connectivity index (χ1v) is 6.72. The van der Waals surface area contributed by atoms with Crippen LogP contribution in [0.25, 0.3) is 0 Å². The van der Waals surface area contributed by atoms with Gasteiger partial charge in [-0.05, 0) is 12.8 Å². The van der Waals surface area contributed by atoms with Crippen molar-refractivity contribution in [3.05, 3.63) is 23.8 Å². The average Bonchev–Trinajstić information content (AvgIpc) is 2.43. The Morgan fingerprint density at radius 1 is 1.38 bits per heavy atom. The Morgan fingerprint density at radius 2 is 2.05 bits per heavy atom. The standard InChI is InChI=1S/C14H22N4O3/c1-9(2)12(13(19)21-5)17-14(20)18(4)8-11-7-15-6-10(3)16-11/h6-7,9,12H,8H2,1-5H3,(H,17,20)/t12-/m0/s1. The number of nitrogens with zero attached hydrogens (tertiary/aromatic N) is 3. The van der Waals surface area contributed by atoms with Gasteiger partial charge in [0.25, 0.3) is 0 Å². The maximum atomic E-state index is 12.1. The van der Waals surface area contributed by atoms with Gasteiger partial charge in [-0.15, -0.1) is 0 Å². The lowest BCUT2D eigenvalue weighted by molar-refractivity contribution is -0.144. The van der Waals surface area contributed by atoms with E-state index in [0.29, 0.717) is 12.2 Å². The second kappa shape index (κ2) is 7.56. The fourth-order valence-electron chi connectivity index (χ4n) is 1.77. The quantitative estimate of drug-likeness (QED) is 0.823. The molecule has 0 aromatic carbocycles. The molecule has 0 bridgehead atoms. The smallest absolute Gasteiger partial charge is 0.328 e. The van der Waals surface area contributed by atoms with E-state index in [0.717, 1.165) is 5.69 Å². The van der Waals surface area contributed by atoms with E-state index in [1.54, 1.807) is 19.4 Å². The Kier molecular flexibility index (Phi) is 6.08. The van der Waals surface area contributed by atoms with Crippen LogP contribution in [0.1, 0.15) is 25.2 Å². The van der Waals surface area contributed by atoms with Gasteiger partial charge in [-0.25, -0.2) is 9.59 Å². The molecule has 2 amide bonds. The molecule has 1 aromatic rings. The summed E-state index contributed by atoms with van der Waals surface area (Å²) in [6, 6.07) is -1.03. The third-order valence-corrected chi connectivity index (χ3v) is 2.95. The van der Waals surface area contributed by atoms with Crippen LogP contribution >= 0.6 is 0 Å². The summed E-state index contributed by atoms with van der Waals surface area (Å²) in [5.74, 6) is -0.518. The topological polar surface area (TPSA) is 84.4 Å². The molecular formula is C14H22N4O3. The second-order valence-electron chi connectivity index (χ2n) is 5.20. The molecule has 0 fully saturated rings. The Labute approximate surface area is 124 Å². The lowest BCUT2D eigenvalue weighted by Gasteiger charge is -2.24. The molecule has 1 heterocycles. The van der Waals surface area contributed by atoms with Crippen LogP contribution in [0.15, 0.2) is 12.4 Å². The number of hydrogen-bond acceptors (Lipinski definition) is 5. The van der Waals surface area contributed by atoms with E-state index < -0.39 is 12.0 Å². The second-order valence-corrected chi connectivity index (χ2v) is 5.20. The van der Waals surface area contributed by atoms with Crippen LogP contribution in [0.3, 0.4) is 0 Å². The number of aryl methyl sites for hydroxylation is 1. The number of ether oxygens (including phenoxy) is 1. The molecule has 21 heavy (non-hydrogen) atoms. The number of hydrogen-bond donors (Lipinski definition) is 1. The van der Waals surface area contributed by atoms with Gasteiger partial charge < -0.3 is 15.0 Å². The van der Waals surface area contributed by atoms with Gasteiger partial charge in [0.15, 0.2) is 0 Å². The number of amides is 2. The van der Waals surface area contributed by atoms with Gasteiger partial charge in [-0.3, -0.25) is 9.97 Å². The first-order chi connectivity index (χ1) is 9.85. The summed E-state index contributed by atoms with van der Waals surface area (Å²) in [5, 5.41) is 2.67. The van der Waals surface area contributed by atoms with Crippen molar-refractivity contribution < 1.29 is 14.3 Å². The molecule has 0 aliphatic rings. The highest BCUT2D eigenvalue weighted by Gasteiger charge is 2.26. The minimum absolute atomic E-state index is 0.0615. The van der Waals surface area contributed by atoms with Gasteiger partial charge in [0, 0.05) is 13.2 Å². The van der Waals surface area contributed by atoms with Gasteiger partial charge in [0.1, 0.15) is 6.04 Å². The number of carbonyl (C=O) groups excluding carboxylic acids is 2. The first kappa shape index (κ1) is 16.9. The van der Waals surface area contributed by atoms with Gasteiger partial charge in [-0.2, -0.15) is 0 Å². The van der Waals surface area contributed by atoms with Crippen LogP contribution in [0.2, 0.25) is 0 Å². The molecule has 0 spiro atoms. The van der Waals surface area contributed by atoms with Crippen molar-refractivity contribution in [3.8, 4) is 0 Å². The summed E-state index contributed by atoms with van der Waals surface area (Å²) in [5.41, 5.74) is 1.47. The van der Waals surface area contributed by atoms with E-state index >= 15 is 0 Å². The number of urea groups is 1. The maximum Gasteiger partial charge on any atom is 0.328 e. The van der Waals surface area contributed by atoms with E-state index in [-0.39, 0.29) is 11.9 Å². The Balaban J connectivity index is 2.67. The molecule has 1 rings (SSSR count). The number of nitrogens with one attached hydrogen (secondary N) is 1. The minimum Gasteiger partial charge on any atom is -0.467 e. The lowest BCUT2D eigenvalue weighted by Crippen LogP contribution is -2.49. The highest BCUT2D eigenvalue weighted by atomic mass is 16.5. The van der Waals surface area contributed by atoms with Crippen LogP contribution in [0, 0.1) is 12.8 Å². The zero-order valence-corrected chi connectivity index (χ0v) is 13.1. The third-order valence-electron chi connectivity index (χ3n) is 2.95. The summed E-state index contributed by atoms with van der Waals surface area (Å²) in [7, 11) is 2.93. The molecule has 0 unspecified atom stereocenters. The zero-order valence-electron chi connectivity index (χ0n) is 13.1. The first-order valence-electron chi connectivity index (χ1n) is 6.72. The molecule has 0 saturated heterocycles. The highest BCUT2D eigenvalue weighted by Crippen LogP contribution is 2.06. The predicted molar refractivity (Wildman–Crippen MR) is 77.4 cm³/mol. The Hall–Kier alpha value is -2.18. The van der Waals surface area contributed by atoms with Crippen LogP contribution < -0.4 is 5.32 Å². The molecule has 0 radical (unpaired) electrons. The third kappa shape index (κ3) is 5.02. The van der Waals surface area contributed by atoms with Crippen LogP contribution in [-0.4, -0.2) is 47.1 Å². The fraction of sp³-hybridized carbons (Fsp3) is 0.571. The van der Waals surface area contributed by atoms with Gasteiger partial charge in [0.05, 0.1) is 31.2 Å². The number of rotatable bonds is 5. The number of methoxy groups -OCH3 is 1. The van der Waals surface area contributed by atoms with E-state index in [1.165, 1.54) is 12.0 Å². The Morgan fingerprint density at radius 3 is 2.57 bits per heavy atom. The van der Waals surface area contributed by atoms with E-state index in [9.17, 15) is 9.59 Å². The molecule has 0 aliphatic heterocycles. The summed E-state index contributed by atoms with van der Waals surface area (Å²) in [4.78, 5) is 33.5. The minimum atomic E-state index is -0.673. The summed E-state index contributed by atoms with van der Waals surface area (Å²) in [6.07, 6.45) is 3.26. The van der Waals surface area contributed by atoms with Gasteiger partial charge in [-0.1, -0.05) is 13.8 Å². The maximum absolute atomic E-state index is 12.1. The van der Waals surface area contributed by atoms with Crippen LogP contribution in [0.4, 0.5) is 4.79 Å². The fourth-order valence-corrected chi connectivity index (χ4v) is 1.77. The van der Waals surface area contributed by atoms with Crippen molar-refractivity contribution in [2.75, 3.05) is 14.2 Å². The van der Waals surface area contributed by atoms with Gasteiger partial charge >= 0.3 is 12.0 Å². The van der Waals surface area contributed by atoms with E-state index in [1.807, 2.05) is 20.8 Å². The summed E-state index contributed by atoms with van der Waals surface area (Å²) >= 11 is 0. The van der Waals surface area contributed by atoms with E-state index in [4.69, 9.17) is 4.74 Å². The Bertz CT molecular complexity index is 505. The molecule has 0 saturated carbocycles. The molecule has 1 aromatic heterocycles. The van der Waals surface area contributed by atoms with Crippen LogP contribution in [-0.2, 0) is 16.1 Å². The summed E-state index contributed by atoms with van der Waals surface area (Å²) < 4.78 is 4.69. The van der Waals surface area contributed by atoms with Crippen molar-refractivity contribution in [3.63, 3.8) is 0 Å². The molecule has 1 atom stereocenters. The number of carbonyl (C=O) groups is 2. The average molecular weight is 294 g/mol. The SMILES string of the molecule is COC(=O)[C@@H](NC(=O)N(C)Cc1cncc(C)n1)C(C)C. The van der Waals surface area contributed by atoms with Crippen molar-refractivity contribution in [1.82, 2.24) is 20.2 Å². The highest BCUT2D eigenvalue weighted by molar-refractivity contribution is 5.83. The van der Waals surface area contributed by atoms with Crippen molar-refractivity contribution in [1.29, 1.82) is 0 Å². The van der Waals surface area contributed by atoms with Crippen LogP contribution in [0.5, 0.6) is 0 Å². The molecular weight excluding hydrogens is 272 g/mol. The van der Waals surface area contributed by atoms with E-state index in [2.05, 4.69) is 15.3 Å². The molecule has 1 N–H and O–H groups in total. The largest absolute Gasteiger partial charge is 0.467 e. The molecule has 0 aliphatic carbocycles. The zero-order chi connectivity index (χ0) is 16.0. The normalized spacial score (nSPS) is 11.9. The monoisotopic (exact) mass is 294 g/mol. The lowest BCUT2D eigenvalue weighted by atomic mass is 10.1. The summed E-state index contributed by atoms with van der Waals surface area (Å²) in [6.45, 7) is 5.83. The van der Waals surface area contributed by atoms with Crippen molar-refractivity contribution >= 4 is 12.0 Å². The molecule has 7 nitrogen and oxygen atoms in total. The number of esters is 1. The molecule has 7 heteroatoms.